The third-order valence-electron chi connectivity index (χ3n) is 4.00. The molecule has 0 nitrogen and oxygen atoms in total. The Morgan fingerprint density at radius 3 is 2.45 bits per heavy atom. The molecule has 0 N–H and O–H groups in total. The molecular weight excluding hydrogens is 288 g/mol. The second-order valence-corrected chi connectivity index (χ2v) is 6.71. The lowest BCUT2D eigenvalue weighted by atomic mass is 9.91. The molecule has 0 amide bonds. The van der Waals surface area contributed by atoms with E-state index in [1.54, 1.807) is 0 Å². The van der Waals surface area contributed by atoms with Gasteiger partial charge in [-0.05, 0) is 77.8 Å². The molecule has 2 rings (SSSR count). The molecule has 0 saturated carbocycles. The Kier molecular flexibility index (Phi) is 5.47. The van der Waals surface area contributed by atoms with Gasteiger partial charge in [-0.2, -0.15) is 0 Å². The van der Waals surface area contributed by atoms with Gasteiger partial charge in [0.25, 0.3) is 0 Å². The predicted molar refractivity (Wildman–Crippen MR) is 99.5 cm³/mol. The maximum absolute atomic E-state index is 6.08. The highest BCUT2D eigenvalue weighted by atomic mass is 35.5. The van der Waals surface area contributed by atoms with Crippen LogP contribution in [0.15, 0.2) is 42.5 Å². The molecule has 0 unspecified atom stereocenters. The number of aryl methyl sites for hydroxylation is 2. The predicted octanol–water partition coefficient (Wildman–Crippen LogP) is 6.94. The van der Waals surface area contributed by atoms with Crippen molar-refractivity contribution in [3.8, 4) is 11.1 Å². The van der Waals surface area contributed by atoms with E-state index in [9.17, 15) is 0 Å². The highest BCUT2D eigenvalue weighted by Gasteiger charge is 2.08. The zero-order valence-electron chi connectivity index (χ0n) is 14.2. The number of halogens is 1. The molecule has 0 spiro atoms. The molecular formula is C21H25Cl. The summed E-state index contributed by atoms with van der Waals surface area (Å²) in [6.45, 7) is 11.0. The lowest BCUT2D eigenvalue weighted by molar-refractivity contribution is 0.832. The molecule has 2 aromatic carbocycles. The van der Waals surface area contributed by atoms with Gasteiger partial charge in [0.1, 0.15) is 0 Å². The third kappa shape index (κ3) is 3.81. The van der Waals surface area contributed by atoms with Crippen molar-refractivity contribution in [1.82, 2.24) is 0 Å². The van der Waals surface area contributed by atoms with Crippen LogP contribution in [0.2, 0.25) is 5.02 Å². The minimum atomic E-state index is 0.561. The molecule has 116 valence electrons. The van der Waals surface area contributed by atoms with Gasteiger partial charge in [0.05, 0.1) is 0 Å². The number of benzene rings is 2. The summed E-state index contributed by atoms with van der Waals surface area (Å²) in [7, 11) is 0. The van der Waals surface area contributed by atoms with Gasteiger partial charge in [-0.3, -0.25) is 0 Å². The Hall–Kier alpha value is -1.53. The highest BCUT2D eigenvalue weighted by Crippen LogP contribution is 2.30. The standard InChI is InChI=1S/C21H25Cl/c1-6-17-7-8-18(13-21(17)15(4)11-14(2)3)20-10-9-19(22)12-16(20)5/h7-14H,6H2,1-5H3/b15-11+. The molecule has 0 saturated heterocycles. The van der Waals surface area contributed by atoms with Crippen LogP contribution >= 0.6 is 11.6 Å². The van der Waals surface area contributed by atoms with Gasteiger partial charge >= 0.3 is 0 Å². The van der Waals surface area contributed by atoms with Gasteiger partial charge in [0, 0.05) is 5.02 Å². The van der Waals surface area contributed by atoms with Gasteiger partial charge in [0.15, 0.2) is 0 Å². The van der Waals surface area contributed by atoms with Crippen molar-refractivity contribution in [1.29, 1.82) is 0 Å². The molecule has 1 heteroatoms. The van der Waals surface area contributed by atoms with Crippen LogP contribution in [0.25, 0.3) is 16.7 Å². The first-order valence-corrected chi connectivity index (χ1v) is 8.38. The number of rotatable bonds is 4. The largest absolute Gasteiger partial charge is 0.0843 e. The van der Waals surface area contributed by atoms with Crippen LogP contribution in [-0.2, 0) is 6.42 Å². The zero-order chi connectivity index (χ0) is 16.3. The highest BCUT2D eigenvalue weighted by molar-refractivity contribution is 6.30. The third-order valence-corrected chi connectivity index (χ3v) is 4.23. The summed E-state index contributed by atoms with van der Waals surface area (Å²) in [6, 6.07) is 12.9. The van der Waals surface area contributed by atoms with Crippen LogP contribution < -0.4 is 0 Å². The van der Waals surface area contributed by atoms with Crippen molar-refractivity contribution in [2.24, 2.45) is 5.92 Å². The van der Waals surface area contributed by atoms with Crippen LogP contribution in [0.1, 0.15) is 44.4 Å². The Morgan fingerprint density at radius 2 is 1.86 bits per heavy atom. The Labute approximate surface area is 139 Å². The van der Waals surface area contributed by atoms with E-state index in [4.69, 9.17) is 11.6 Å². The second kappa shape index (κ2) is 7.15. The van der Waals surface area contributed by atoms with E-state index in [0.717, 1.165) is 11.4 Å². The minimum Gasteiger partial charge on any atom is -0.0843 e. The van der Waals surface area contributed by atoms with Gasteiger partial charge in [-0.25, -0.2) is 0 Å². The molecule has 0 fully saturated rings. The molecule has 0 heterocycles. The fraction of sp³-hybridized carbons (Fsp3) is 0.333. The SMILES string of the molecule is CCc1ccc(-c2ccc(Cl)cc2C)cc1/C(C)=C/C(C)C. The van der Waals surface area contributed by atoms with Gasteiger partial charge in [-0.1, -0.05) is 56.6 Å². The number of hydrogen-bond donors (Lipinski definition) is 0. The average molecular weight is 313 g/mol. The molecule has 0 atom stereocenters. The van der Waals surface area contributed by atoms with Gasteiger partial charge < -0.3 is 0 Å². The number of allylic oxidation sites excluding steroid dienone is 2. The molecule has 0 aliphatic carbocycles. The van der Waals surface area contributed by atoms with Crippen molar-refractivity contribution in [3.63, 3.8) is 0 Å². The fourth-order valence-electron chi connectivity index (χ4n) is 2.96. The topological polar surface area (TPSA) is 0 Å². The lowest BCUT2D eigenvalue weighted by Gasteiger charge is -2.14. The summed E-state index contributed by atoms with van der Waals surface area (Å²) in [4.78, 5) is 0. The maximum Gasteiger partial charge on any atom is 0.0409 e. The Balaban J connectivity index is 2.56. The number of hydrogen-bond acceptors (Lipinski definition) is 0. The van der Waals surface area contributed by atoms with E-state index in [1.807, 2.05) is 12.1 Å². The smallest absolute Gasteiger partial charge is 0.0409 e. The second-order valence-electron chi connectivity index (χ2n) is 6.28. The molecule has 2 aromatic rings. The molecule has 0 radical (unpaired) electrons. The van der Waals surface area contributed by atoms with Crippen molar-refractivity contribution in [2.45, 2.75) is 41.0 Å². The monoisotopic (exact) mass is 312 g/mol. The summed E-state index contributed by atoms with van der Waals surface area (Å²) >= 11 is 6.08. The normalized spacial score (nSPS) is 12.0. The molecule has 0 aromatic heterocycles. The first-order chi connectivity index (χ1) is 10.4. The van der Waals surface area contributed by atoms with Gasteiger partial charge in [0.2, 0.25) is 0 Å². The Bertz CT molecular complexity index is 693. The first-order valence-electron chi connectivity index (χ1n) is 8.00. The molecule has 0 aliphatic heterocycles. The Morgan fingerprint density at radius 1 is 1.14 bits per heavy atom. The zero-order valence-corrected chi connectivity index (χ0v) is 15.0. The van der Waals surface area contributed by atoms with Crippen molar-refractivity contribution >= 4 is 17.2 Å². The van der Waals surface area contributed by atoms with E-state index in [0.29, 0.717) is 5.92 Å². The summed E-state index contributed by atoms with van der Waals surface area (Å²) in [5, 5.41) is 0.794. The van der Waals surface area contributed by atoms with Crippen LogP contribution in [0.5, 0.6) is 0 Å². The van der Waals surface area contributed by atoms with E-state index in [1.165, 1.54) is 33.4 Å². The first kappa shape index (κ1) is 16.8. The van der Waals surface area contributed by atoms with Crippen molar-refractivity contribution in [2.75, 3.05) is 0 Å². The molecule has 22 heavy (non-hydrogen) atoms. The quantitative estimate of drug-likeness (QED) is 0.573. The van der Waals surface area contributed by atoms with Crippen LogP contribution in [0.4, 0.5) is 0 Å². The summed E-state index contributed by atoms with van der Waals surface area (Å²) < 4.78 is 0. The molecule has 0 aliphatic rings. The van der Waals surface area contributed by atoms with E-state index < -0.39 is 0 Å². The lowest BCUT2D eigenvalue weighted by Crippen LogP contribution is -1.94. The maximum atomic E-state index is 6.08. The minimum absolute atomic E-state index is 0.561. The van der Waals surface area contributed by atoms with Gasteiger partial charge in [-0.15, -0.1) is 0 Å². The van der Waals surface area contributed by atoms with Crippen molar-refractivity contribution in [3.05, 3.63) is 64.2 Å². The molecule has 0 bridgehead atoms. The van der Waals surface area contributed by atoms with Crippen LogP contribution in [0, 0.1) is 12.8 Å². The summed E-state index contributed by atoms with van der Waals surface area (Å²) in [5.74, 6) is 0.561. The van der Waals surface area contributed by atoms with Crippen LogP contribution in [0.3, 0.4) is 0 Å². The van der Waals surface area contributed by atoms with E-state index in [2.05, 4.69) is 65.0 Å². The summed E-state index contributed by atoms with van der Waals surface area (Å²) in [6.07, 6.45) is 3.39. The van der Waals surface area contributed by atoms with E-state index in [-0.39, 0.29) is 0 Å². The fourth-order valence-corrected chi connectivity index (χ4v) is 3.19. The average Bonchev–Trinajstić information content (AvgIpc) is 2.46. The van der Waals surface area contributed by atoms with Crippen LogP contribution in [-0.4, -0.2) is 0 Å². The van der Waals surface area contributed by atoms with E-state index >= 15 is 0 Å². The summed E-state index contributed by atoms with van der Waals surface area (Å²) in [5.41, 5.74) is 7.87. The van der Waals surface area contributed by atoms with Crippen molar-refractivity contribution < 1.29 is 0 Å².